The van der Waals surface area contributed by atoms with Crippen molar-refractivity contribution in [2.45, 2.75) is 36.0 Å². The number of sulfone groups is 2. The molecule has 156 valence electrons. The van der Waals surface area contributed by atoms with Gasteiger partial charge in [0, 0.05) is 19.3 Å². The van der Waals surface area contributed by atoms with E-state index >= 15 is 0 Å². The van der Waals surface area contributed by atoms with Crippen molar-refractivity contribution in [3.05, 3.63) is 30.7 Å². The second-order valence-electron chi connectivity index (χ2n) is 5.98. The van der Waals surface area contributed by atoms with E-state index in [-0.39, 0.29) is 11.4 Å². The predicted molar refractivity (Wildman–Crippen MR) is 102 cm³/mol. The van der Waals surface area contributed by atoms with Crippen molar-refractivity contribution in [3.63, 3.8) is 0 Å². The number of imidazole rings is 1. The molecule has 0 fully saturated rings. The topological polar surface area (TPSA) is 137 Å². The van der Waals surface area contributed by atoms with Gasteiger partial charge in [-0.25, -0.2) is 31.6 Å². The largest absolute Gasteiger partial charge is 0.346 e. The Labute approximate surface area is 167 Å². The Kier molecular flexibility index (Phi) is 5.45. The molecule has 0 radical (unpaired) electrons. The molecular formula is C16H20N6O5S2. The molecule has 29 heavy (non-hydrogen) atoms. The zero-order valence-corrected chi connectivity index (χ0v) is 17.7. The molecule has 0 aliphatic heterocycles. The van der Waals surface area contributed by atoms with Crippen molar-refractivity contribution in [2.75, 3.05) is 18.8 Å². The minimum absolute atomic E-state index is 0.150. The fraction of sp³-hybridized carbons (Fsp3) is 0.375. The summed E-state index contributed by atoms with van der Waals surface area (Å²) in [5.41, 5.74) is 0.150. The molecule has 3 aromatic heterocycles. The molecule has 0 aliphatic carbocycles. The molecule has 3 rings (SSSR count). The molecular weight excluding hydrogens is 420 g/mol. The number of nitrogens with zero attached hydrogens (tertiary/aromatic N) is 6. The highest BCUT2D eigenvalue weighted by atomic mass is 32.2. The van der Waals surface area contributed by atoms with Crippen LogP contribution in [0.2, 0.25) is 0 Å². The molecule has 0 saturated carbocycles. The number of fused-ring (bicyclic) bond motifs is 1. The Morgan fingerprint density at radius 1 is 1.10 bits per heavy atom. The minimum Gasteiger partial charge on any atom is -0.323 e. The van der Waals surface area contributed by atoms with Crippen LogP contribution in [0.5, 0.6) is 0 Å². The molecule has 0 spiro atoms. The van der Waals surface area contributed by atoms with Crippen LogP contribution >= 0.6 is 0 Å². The Morgan fingerprint density at radius 2 is 1.79 bits per heavy atom. The fourth-order valence-electron chi connectivity index (χ4n) is 2.72. The van der Waals surface area contributed by atoms with Gasteiger partial charge in [-0.05, 0) is 26.0 Å². The highest BCUT2D eigenvalue weighted by Crippen LogP contribution is 2.27. The lowest BCUT2D eigenvalue weighted by Gasteiger charge is -2.17. The van der Waals surface area contributed by atoms with Gasteiger partial charge in [0.1, 0.15) is 12.0 Å². The first kappa shape index (κ1) is 20.9. The number of carbonyl (C=O) groups excluding carboxylic acids is 1. The van der Waals surface area contributed by atoms with Gasteiger partial charge in [-0.15, -0.1) is 5.10 Å². The average Bonchev–Trinajstić information content (AvgIpc) is 3.35. The second-order valence-corrected chi connectivity index (χ2v) is 9.94. The molecule has 0 aliphatic rings. The van der Waals surface area contributed by atoms with Gasteiger partial charge < -0.3 is 4.90 Å². The van der Waals surface area contributed by atoms with Crippen molar-refractivity contribution in [1.29, 1.82) is 0 Å². The Hall–Kier alpha value is -2.80. The van der Waals surface area contributed by atoms with Crippen LogP contribution in [0.3, 0.4) is 0 Å². The lowest BCUT2D eigenvalue weighted by molar-refractivity contribution is 0.201. The number of hydrogen-bond acceptors (Lipinski definition) is 8. The average molecular weight is 441 g/mol. The summed E-state index contributed by atoms with van der Waals surface area (Å²) >= 11 is 0. The molecule has 11 nitrogen and oxygen atoms in total. The van der Waals surface area contributed by atoms with Crippen LogP contribution in [0, 0.1) is 0 Å². The first-order valence-corrected chi connectivity index (χ1v) is 12.0. The number of rotatable bonds is 6. The van der Waals surface area contributed by atoms with Gasteiger partial charge in [0.05, 0.1) is 5.75 Å². The monoisotopic (exact) mass is 440 g/mol. The van der Waals surface area contributed by atoms with E-state index in [2.05, 4.69) is 15.1 Å². The van der Waals surface area contributed by atoms with Gasteiger partial charge in [0.15, 0.2) is 19.9 Å². The molecule has 3 heterocycles. The number of carbonyl (C=O) groups is 1. The van der Waals surface area contributed by atoms with Gasteiger partial charge >= 0.3 is 6.03 Å². The SMILES string of the molecule is CCN(CC)C(=O)n1cnc(S(=O)(=O)c2c(S(=O)(=O)CC)nc3ccccn23)n1. The summed E-state index contributed by atoms with van der Waals surface area (Å²) < 4.78 is 53.5. The molecule has 1 amide bonds. The first-order chi connectivity index (χ1) is 13.7. The van der Waals surface area contributed by atoms with Gasteiger partial charge in [0.25, 0.3) is 15.0 Å². The van der Waals surface area contributed by atoms with Gasteiger partial charge in [-0.3, -0.25) is 4.40 Å². The molecule has 0 saturated heterocycles. The van der Waals surface area contributed by atoms with Gasteiger partial charge in [-0.2, -0.15) is 4.68 Å². The molecule has 13 heteroatoms. The van der Waals surface area contributed by atoms with Crippen LogP contribution < -0.4 is 0 Å². The first-order valence-electron chi connectivity index (χ1n) is 8.83. The van der Waals surface area contributed by atoms with E-state index in [1.807, 2.05) is 0 Å². The third kappa shape index (κ3) is 3.51. The van der Waals surface area contributed by atoms with E-state index in [0.717, 1.165) is 15.4 Å². The zero-order valence-electron chi connectivity index (χ0n) is 16.0. The molecule has 0 aromatic carbocycles. The number of aromatic nitrogens is 5. The molecule has 3 aromatic rings. The fourth-order valence-corrected chi connectivity index (χ4v) is 5.55. The third-order valence-electron chi connectivity index (χ3n) is 4.33. The summed E-state index contributed by atoms with van der Waals surface area (Å²) in [5, 5.41) is 1.99. The van der Waals surface area contributed by atoms with Crippen LogP contribution in [0.4, 0.5) is 4.79 Å². The Balaban J connectivity index is 2.20. The van der Waals surface area contributed by atoms with E-state index in [4.69, 9.17) is 0 Å². The summed E-state index contributed by atoms with van der Waals surface area (Å²) in [5.74, 6) is -0.332. The Morgan fingerprint density at radius 3 is 2.41 bits per heavy atom. The van der Waals surface area contributed by atoms with Gasteiger partial charge in [-0.1, -0.05) is 13.0 Å². The zero-order chi connectivity index (χ0) is 21.4. The standard InChI is InChI=1S/C16H20N6O5S2/c1-4-20(5-2)16(23)22-11-17-15(19-22)29(26,27)14-13(28(24,25)6-3)18-12-9-7-8-10-21(12)14/h7-11H,4-6H2,1-3H3. The number of amides is 1. The van der Waals surface area contributed by atoms with Crippen LogP contribution in [-0.2, 0) is 19.7 Å². The lowest BCUT2D eigenvalue weighted by Crippen LogP contribution is -2.34. The highest BCUT2D eigenvalue weighted by Gasteiger charge is 2.36. The summed E-state index contributed by atoms with van der Waals surface area (Å²) in [7, 11) is -8.45. The van der Waals surface area contributed by atoms with Crippen LogP contribution in [-0.4, -0.2) is 70.8 Å². The van der Waals surface area contributed by atoms with E-state index in [0.29, 0.717) is 13.1 Å². The highest BCUT2D eigenvalue weighted by molar-refractivity contribution is 7.94. The number of hydrogen-bond donors (Lipinski definition) is 0. The summed E-state index contributed by atoms with van der Waals surface area (Å²) in [4.78, 5) is 21.6. The van der Waals surface area contributed by atoms with Crippen molar-refractivity contribution >= 4 is 31.4 Å². The summed E-state index contributed by atoms with van der Waals surface area (Å²) in [6.45, 7) is 5.75. The molecule has 0 bridgehead atoms. The maximum Gasteiger partial charge on any atom is 0.346 e. The van der Waals surface area contributed by atoms with Crippen molar-refractivity contribution < 1.29 is 21.6 Å². The van der Waals surface area contributed by atoms with Crippen LogP contribution in [0.15, 0.2) is 45.9 Å². The van der Waals surface area contributed by atoms with E-state index in [9.17, 15) is 21.6 Å². The van der Waals surface area contributed by atoms with Gasteiger partial charge in [0.2, 0.25) is 0 Å². The van der Waals surface area contributed by atoms with Crippen LogP contribution in [0.25, 0.3) is 5.65 Å². The quantitative estimate of drug-likeness (QED) is 0.550. The van der Waals surface area contributed by atoms with Crippen molar-refractivity contribution in [3.8, 4) is 0 Å². The van der Waals surface area contributed by atoms with Crippen molar-refractivity contribution in [1.82, 2.24) is 29.0 Å². The molecule has 0 N–H and O–H groups in total. The summed E-state index contributed by atoms with van der Waals surface area (Å²) in [6, 6.07) is 4.11. The predicted octanol–water partition coefficient (Wildman–Crippen LogP) is 0.862. The van der Waals surface area contributed by atoms with Crippen molar-refractivity contribution in [2.24, 2.45) is 0 Å². The minimum atomic E-state index is -4.49. The smallest absolute Gasteiger partial charge is 0.323 e. The lowest BCUT2D eigenvalue weighted by atomic mass is 10.5. The maximum atomic E-state index is 13.2. The third-order valence-corrected chi connectivity index (χ3v) is 7.66. The van der Waals surface area contributed by atoms with E-state index < -0.39 is 40.9 Å². The Bertz CT molecular complexity index is 1270. The normalized spacial score (nSPS) is 12.4. The van der Waals surface area contributed by atoms with E-state index in [1.165, 1.54) is 24.1 Å². The maximum absolute atomic E-state index is 13.2. The molecule has 0 atom stereocenters. The second kappa shape index (κ2) is 7.55. The van der Waals surface area contributed by atoms with E-state index in [1.54, 1.807) is 26.0 Å². The summed E-state index contributed by atoms with van der Waals surface area (Å²) in [6.07, 6.45) is 2.38. The molecule has 0 unspecified atom stereocenters. The number of pyridine rings is 1. The van der Waals surface area contributed by atoms with Crippen LogP contribution in [0.1, 0.15) is 20.8 Å².